The zero-order chi connectivity index (χ0) is 13.8. The number of carbonyl (C=O) groups is 1. The molecule has 2 rings (SSSR count). The smallest absolute Gasteiger partial charge is 0.309 e. The Bertz CT molecular complexity index is 328. The maximum absolute atomic E-state index is 11.4. The van der Waals surface area contributed by atoms with Gasteiger partial charge < -0.3 is 4.74 Å². The van der Waals surface area contributed by atoms with Crippen molar-refractivity contribution in [3.05, 3.63) is 12.2 Å². The number of ether oxygens (including phenoxy) is 1. The SMILES string of the molecule is CC1CCC(C(C)C)C(C=CCOC(=O)C2CC2)C1. The van der Waals surface area contributed by atoms with Gasteiger partial charge in [0.25, 0.3) is 0 Å². The minimum Gasteiger partial charge on any atom is -0.461 e. The third-order valence-electron chi connectivity index (χ3n) is 4.69. The van der Waals surface area contributed by atoms with Crippen LogP contribution in [0.3, 0.4) is 0 Å². The molecule has 0 aliphatic heterocycles. The van der Waals surface area contributed by atoms with Crippen LogP contribution in [0.25, 0.3) is 0 Å². The normalized spacial score (nSPS) is 31.9. The van der Waals surface area contributed by atoms with E-state index in [1.807, 2.05) is 0 Å². The quantitative estimate of drug-likeness (QED) is 0.549. The zero-order valence-corrected chi connectivity index (χ0v) is 12.6. The zero-order valence-electron chi connectivity index (χ0n) is 12.6. The van der Waals surface area contributed by atoms with Crippen LogP contribution in [-0.2, 0) is 9.53 Å². The van der Waals surface area contributed by atoms with Crippen molar-refractivity contribution in [2.24, 2.45) is 29.6 Å². The van der Waals surface area contributed by atoms with Crippen molar-refractivity contribution < 1.29 is 9.53 Å². The molecule has 0 radical (unpaired) electrons. The van der Waals surface area contributed by atoms with Gasteiger partial charge in [0, 0.05) is 0 Å². The molecule has 3 unspecified atom stereocenters. The highest BCUT2D eigenvalue weighted by molar-refractivity contribution is 5.74. The summed E-state index contributed by atoms with van der Waals surface area (Å²) in [4.78, 5) is 11.4. The molecule has 19 heavy (non-hydrogen) atoms. The van der Waals surface area contributed by atoms with Gasteiger partial charge in [-0.2, -0.15) is 0 Å². The maximum atomic E-state index is 11.4. The number of allylic oxidation sites excluding steroid dienone is 1. The summed E-state index contributed by atoms with van der Waals surface area (Å²) >= 11 is 0. The average Bonchev–Trinajstić information content (AvgIpc) is 3.18. The molecular formula is C17H28O2. The van der Waals surface area contributed by atoms with E-state index in [2.05, 4.69) is 32.9 Å². The minimum absolute atomic E-state index is 0.00192. The van der Waals surface area contributed by atoms with Gasteiger partial charge in [-0.05, 0) is 49.4 Å². The lowest BCUT2D eigenvalue weighted by Gasteiger charge is -2.35. The monoisotopic (exact) mass is 264 g/mol. The molecule has 0 bridgehead atoms. The van der Waals surface area contributed by atoms with Gasteiger partial charge in [-0.15, -0.1) is 0 Å². The van der Waals surface area contributed by atoms with E-state index in [1.165, 1.54) is 19.3 Å². The fourth-order valence-electron chi connectivity index (χ4n) is 3.29. The first-order chi connectivity index (χ1) is 9.08. The molecular weight excluding hydrogens is 236 g/mol. The van der Waals surface area contributed by atoms with Crippen LogP contribution in [-0.4, -0.2) is 12.6 Å². The summed E-state index contributed by atoms with van der Waals surface area (Å²) in [6, 6.07) is 0. The number of hydrogen-bond acceptors (Lipinski definition) is 2. The van der Waals surface area contributed by atoms with Gasteiger partial charge in [0.05, 0.1) is 5.92 Å². The molecule has 2 aliphatic carbocycles. The molecule has 3 atom stereocenters. The van der Waals surface area contributed by atoms with Crippen molar-refractivity contribution in [2.45, 2.75) is 52.9 Å². The molecule has 2 fully saturated rings. The van der Waals surface area contributed by atoms with Gasteiger partial charge in [0.2, 0.25) is 0 Å². The standard InChI is InChI=1S/C17H28O2/c1-12(2)16-9-6-13(3)11-15(16)5-4-10-19-17(18)14-7-8-14/h4-5,12-16H,6-11H2,1-3H3. The van der Waals surface area contributed by atoms with E-state index in [9.17, 15) is 4.79 Å². The summed E-state index contributed by atoms with van der Waals surface area (Å²) in [6.07, 6.45) is 10.4. The first kappa shape index (κ1) is 14.6. The molecule has 0 aromatic heterocycles. The average molecular weight is 264 g/mol. The summed E-state index contributed by atoms with van der Waals surface area (Å²) < 4.78 is 5.25. The molecule has 0 amide bonds. The van der Waals surface area contributed by atoms with Gasteiger partial charge in [-0.3, -0.25) is 4.79 Å². The third-order valence-corrected chi connectivity index (χ3v) is 4.69. The Morgan fingerprint density at radius 3 is 2.63 bits per heavy atom. The van der Waals surface area contributed by atoms with Crippen molar-refractivity contribution in [3.63, 3.8) is 0 Å². The highest BCUT2D eigenvalue weighted by Crippen LogP contribution is 2.38. The molecule has 0 N–H and O–H groups in total. The van der Waals surface area contributed by atoms with E-state index >= 15 is 0 Å². The largest absolute Gasteiger partial charge is 0.461 e. The van der Waals surface area contributed by atoms with Crippen molar-refractivity contribution in [2.75, 3.05) is 6.61 Å². The van der Waals surface area contributed by atoms with Crippen molar-refractivity contribution in [3.8, 4) is 0 Å². The first-order valence-corrected chi connectivity index (χ1v) is 7.91. The van der Waals surface area contributed by atoms with Crippen LogP contribution in [0.5, 0.6) is 0 Å². The van der Waals surface area contributed by atoms with E-state index in [4.69, 9.17) is 4.74 Å². The molecule has 2 heteroatoms. The Balaban J connectivity index is 1.78. The summed E-state index contributed by atoms with van der Waals surface area (Å²) in [5.41, 5.74) is 0. The van der Waals surface area contributed by atoms with Crippen LogP contribution >= 0.6 is 0 Å². The van der Waals surface area contributed by atoms with Crippen molar-refractivity contribution >= 4 is 5.97 Å². The lowest BCUT2D eigenvalue weighted by molar-refractivity contribution is -0.143. The lowest BCUT2D eigenvalue weighted by atomic mass is 9.70. The summed E-state index contributed by atoms with van der Waals surface area (Å²) in [7, 11) is 0. The van der Waals surface area contributed by atoms with Crippen LogP contribution in [0.4, 0.5) is 0 Å². The second-order valence-electron chi connectivity index (χ2n) is 6.82. The number of esters is 1. The van der Waals surface area contributed by atoms with Crippen molar-refractivity contribution in [1.82, 2.24) is 0 Å². The predicted octanol–water partition coefficient (Wildman–Crippen LogP) is 4.20. The molecule has 0 spiro atoms. The molecule has 0 saturated heterocycles. The number of carbonyl (C=O) groups excluding carboxylic acids is 1. The molecule has 0 aromatic carbocycles. The number of hydrogen-bond donors (Lipinski definition) is 0. The summed E-state index contributed by atoms with van der Waals surface area (Å²) in [6.45, 7) is 7.47. The predicted molar refractivity (Wildman–Crippen MR) is 77.7 cm³/mol. The second-order valence-corrected chi connectivity index (χ2v) is 6.82. The highest BCUT2D eigenvalue weighted by atomic mass is 16.5. The van der Waals surface area contributed by atoms with Crippen LogP contribution in [0.15, 0.2) is 12.2 Å². The van der Waals surface area contributed by atoms with Crippen molar-refractivity contribution in [1.29, 1.82) is 0 Å². The molecule has 2 aliphatic rings. The Morgan fingerprint density at radius 1 is 1.26 bits per heavy atom. The Kier molecular flexibility index (Phi) is 5.06. The van der Waals surface area contributed by atoms with Crippen LogP contribution < -0.4 is 0 Å². The van der Waals surface area contributed by atoms with Gasteiger partial charge in [-0.1, -0.05) is 39.3 Å². The minimum atomic E-state index is 0.00192. The first-order valence-electron chi connectivity index (χ1n) is 7.91. The topological polar surface area (TPSA) is 26.3 Å². The van der Waals surface area contributed by atoms with Crippen LogP contribution in [0.1, 0.15) is 52.9 Å². The van der Waals surface area contributed by atoms with Gasteiger partial charge in [0.1, 0.15) is 6.61 Å². The Labute approximate surface area is 117 Å². The molecule has 108 valence electrons. The summed E-state index contributed by atoms with van der Waals surface area (Å²) in [5.74, 6) is 3.26. The maximum Gasteiger partial charge on any atom is 0.309 e. The van der Waals surface area contributed by atoms with E-state index in [1.54, 1.807) is 0 Å². The summed E-state index contributed by atoms with van der Waals surface area (Å²) in [5, 5.41) is 0. The van der Waals surface area contributed by atoms with Crippen LogP contribution in [0, 0.1) is 29.6 Å². The Hall–Kier alpha value is -0.790. The molecule has 2 nitrogen and oxygen atoms in total. The molecule has 2 saturated carbocycles. The molecule has 0 heterocycles. The van der Waals surface area contributed by atoms with E-state index < -0.39 is 0 Å². The van der Waals surface area contributed by atoms with E-state index in [0.29, 0.717) is 12.5 Å². The number of rotatable bonds is 5. The highest BCUT2D eigenvalue weighted by Gasteiger charge is 2.31. The fourth-order valence-corrected chi connectivity index (χ4v) is 3.29. The van der Waals surface area contributed by atoms with Gasteiger partial charge in [-0.25, -0.2) is 0 Å². The molecule has 0 aromatic rings. The third kappa shape index (κ3) is 4.36. The van der Waals surface area contributed by atoms with Gasteiger partial charge in [0.15, 0.2) is 0 Å². The van der Waals surface area contributed by atoms with Crippen LogP contribution in [0.2, 0.25) is 0 Å². The van der Waals surface area contributed by atoms with E-state index in [0.717, 1.165) is 30.6 Å². The van der Waals surface area contributed by atoms with Gasteiger partial charge >= 0.3 is 5.97 Å². The lowest BCUT2D eigenvalue weighted by Crippen LogP contribution is -2.26. The van der Waals surface area contributed by atoms with E-state index in [-0.39, 0.29) is 11.9 Å². The Morgan fingerprint density at radius 2 is 2.00 bits per heavy atom. The second kappa shape index (κ2) is 6.58. The fraction of sp³-hybridized carbons (Fsp3) is 0.824.